The number of hydrogen-bond acceptors (Lipinski definition) is 3. The predicted octanol–water partition coefficient (Wildman–Crippen LogP) is 1.14. The Hall–Kier alpha value is -1.88. The zero-order valence-electron chi connectivity index (χ0n) is 9.84. The molecule has 0 fully saturated rings. The molecule has 1 unspecified atom stereocenters. The molecule has 2 aromatic rings. The van der Waals surface area contributed by atoms with E-state index in [1.54, 1.807) is 11.6 Å². The molecule has 1 aromatic heterocycles. The predicted molar refractivity (Wildman–Crippen MR) is 64.7 cm³/mol. The second-order valence-electron chi connectivity index (χ2n) is 4.03. The lowest BCUT2D eigenvalue weighted by molar-refractivity contribution is -0.139. The normalized spacial score (nSPS) is 12.8. The van der Waals surface area contributed by atoms with Gasteiger partial charge in [0.25, 0.3) is 0 Å². The van der Waals surface area contributed by atoms with E-state index in [0.29, 0.717) is 6.54 Å². The van der Waals surface area contributed by atoms with Crippen molar-refractivity contribution in [3.8, 4) is 0 Å². The van der Waals surface area contributed by atoms with Crippen molar-refractivity contribution >= 4 is 16.9 Å². The van der Waals surface area contributed by atoms with E-state index < -0.39 is 12.0 Å². The summed E-state index contributed by atoms with van der Waals surface area (Å²) in [5, 5.41) is 17.2. The highest BCUT2D eigenvalue weighted by Crippen LogP contribution is 2.17. The van der Waals surface area contributed by atoms with Gasteiger partial charge in [0.2, 0.25) is 0 Å². The molecule has 0 aliphatic carbocycles. The first-order chi connectivity index (χ1) is 8.09. The summed E-state index contributed by atoms with van der Waals surface area (Å²) in [5.41, 5.74) is 1.92. The molecule has 0 spiro atoms. The summed E-state index contributed by atoms with van der Waals surface area (Å²) in [6.07, 6.45) is 0. The molecular formula is C12H15N3O2. The number of carbonyl (C=O) groups is 1. The number of benzene rings is 1. The van der Waals surface area contributed by atoms with Gasteiger partial charge in [-0.25, -0.2) is 0 Å². The molecule has 2 N–H and O–H groups in total. The fraction of sp³-hybridized carbons (Fsp3) is 0.333. The Bertz CT molecular complexity index is 548. The van der Waals surface area contributed by atoms with Gasteiger partial charge in [0, 0.05) is 19.0 Å². The molecule has 0 radical (unpaired) electrons. The van der Waals surface area contributed by atoms with Crippen LogP contribution in [0.1, 0.15) is 12.6 Å². The maximum Gasteiger partial charge on any atom is 0.320 e. The third-order valence-corrected chi connectivity index (χ3v) is 2.78. The van der Waals surface area contributed by atoms with Crippen molar-refractivity contribution in [2.75, 3.05) is 0 Å². The molecule has 1 heterocycles. The zero-order chi connectivity index (χ0) is 12.4. The van der Waals surface area contributed by atoms with Gasteiger partial charge < -0.3 is 5.11 Å². The Morgan fingerprint density at radius 3 is 2.94 bits per heavy atom. The van der Waals surface area contributed by atoms with Crippen LogP contribution in [-0.4, -0.2) is 26.9 Å². The first-order valence-electron chi connectivity index (χ1n) is 5.46. The number of fused-ring (bicyclic) bond motifs is 1. The van der Waals surface area contributed by atoms with Gasteiger partial charge in [0.1, 0.15) is 6.04 Å². The van der Waals surface area contributed by atoms with E-state index in [2.05, 4.69) is 10.4 Å². The van der Waals surface area contributed by atoms with Gasteiger partial charge in [-0.15, -0.1) is 0 Å². The molecule has 5 nitrogen and oxygen atoms in total. The first kappa shape index (κ1) is 11.6. The van der Waals surface area contributed by atoms with Crippen LogP contribution < -0.4 is 5.32 Å². The fourth-order valence-corrected chi connectivity index (χ4v) is 1.76. The summed E-state index contributed by atoms with van der Waals surface area (Å²) in [6.45, 7) is 2.07. The summed E-state index contributed by atoms with van der Waals surface area (Å²) < 4.78 is 1.80. The molecule has 0 aliphatic rings. The zero-order valence-corrected chi connectivity index (χ0v) is 9.84. The number of aliphatic carboxylic acids is 1. The third-order valence-electron chi connectivity index (χ3n) is 2.78. The summed E-state index contributed by atoms with van der Waals surface area (Å²) in [7, 11) is 1.88. The summed E-state index contributed by atoms with van der Waals surface area (Å²) in [4.78, 5) is 10.7. The summed E-state index contributed by atoms with van der Waals surface area (Å²) >= 11 is 0. The molecule has 0 saturated heterocycles. The highest BCUT2D eigenvalue weighted by atomic mass is 16.4. The molecule has 0 saturated carbocycles. The molecule has 5 heteroatoms. The van der Waals surface area contributed by atoms with Crippen molar-refractivity contribution in [3.05, 3.63) is 30.0 Å². The Morgan fingerprint density at radius 2 is 2.24 bits per heavy atom. The van der Waals surface area contributed by atoms with Gasteiger partial charge in [-0.1, -0.05) is 18.2 Å². The van der Waals surface area contributed by atoms with Crippen LogP contribution in [0.15, 0.2) is 24.3 Å². The summed E-state index contributed by atoms with van der Waals surface area (Å²) in [6, 6.07) is 7.32. The Morgan fingerprint density at radius 1 is 1.53 bits per heavy atom. The minimum Gasteiger partial charge on any atom is -0.480 e. The molecule has 2 rings (SSSR count). The maximum atomic E-state index is 10.7. The number of nitrogens with one attached hydrogen (secondary N) is 1. The van der Waals surface area contributed by atoms with Crippen LogP contribution in [0.5, 0.6) is 0 Å². The van der Waals surface area contributed by atoms with Gasteiger partial charge >= 0.3 is 5.97 Å². The molecule has 0 aliphatic heterocycles. The van der Waals surface area contributed by atoms with Crippen molar-refractivity contribution in [2.24, 2.45) is 7.05 Å². The van der Waals surface area contributed by atoms with E-state index in [-0.39, 0.29) is 0 Å². The minimum absolute atomic E-state index is 0.453. The molecular weight excluding hydrogens is 218 g/mol. The van der Waals surface area contributed by atoms with Gasteiger partial charge in [-0.2, -0.15) is 5.10 Å². The Balaban J connectivity index is 2.22. The van der Waals surface area contributed by atoms with Gasteiger partial charge in [0.15, 0.2) is 0 Å². The number of para-hydroxylation sites is 1. The SMILES string of the molecule is CC(NCc1nn(C)c2ccccc12)C(=O)O. The van der Waals surface area contributed by atoms with Crippen molar-refractivity contribution < 1.29 is 9.90 Å². The van der Waals surface area contributed by atoms with Crippen molar-refractivity contribution in [1.29, 1.82) is 0 Å². The van der Waals surface area contributed by atoms with Gasteiger partial charge in [-0.05, 0) is 13.0 Å². The molecule has 1 aromatic carbocycles. The van der Waals surface area contributed by atoms with Crippen LogP contribution in [0.25, 0.3) is 10.9 Å². The van der Waals surface area contributed by atoms with Crippen molar-refractivity contribution in [3.63, 3.8) is 0 Å². The molecule has 1 atom stereocenters. The molecule has 0 amide bonds. The van der Waals surface area contributed by atoms with Crippen LogP contribution >= 0.6 is 0 Å². The molecule has 90 valence electrons. The second-order valence-corrected chi connectivity index (χ2v) is 4.03. The topological polar surface area (TPSA) is 67.2 Å². The maximum absolute atomic E-state index is 10.7. The van der Waals surface area contributed by atoms with E-state index in [1.165, 1.54) is 0 Å². The van der Waals surface area contributed by atoms with Crippen molar-refractivity contribution in [1.82, 2.24) is 15.1 Å². The second kappa shape index (κ2) is 4.55. The van der Waals surface area contributed by atoms with Gasteiger partial charge in [-0.3, -0.25) is 14.8 Å². The smallest absolute Gasteiger partial charge is 0.320 e. The number of carboxylic acid groups (broad SMARTS) is 1. The number of carboxylic acids is 1. The number of nitrogens with zero attached hydrogens (tertiary/aromatic N) is 2. The lowest BCUT2D eigenvalue weighted by Gasteiger charge is -2.06. The molecule has 17 heavy (non-hydrogen) atoms. The highest BCUT2D eigenvalue weighted by molar-refractivity contribution is 5.81. The van der Waals surface area contributed by atoms with E-state index in [9.17, 15) is 4.79 Å². The number of hydrogen-bond donors (Lipinski definition) is 2. The highest BCUT2D eigenvalue weighted by Gasteiger charge is 2.12. The van der Waals surface area contributed by atoms with Crippen LogP contribution in [0.3, 0.4) is 0 Å². The van der Waals surface area contributed by atoms with E-state index in [1.807, 2.05) is 31.3 Å². The lowest BCUT2D eigenvalue weighted by atomic mass is 10.2. The van der Waals surface area contributed by atoms with Crippen molar-refractivity contribution in [2.45, 2.75) is 19.5 Å². The number of aromatic nitrogens is 2. The average molecular weight is 233 g/mol. The number of aryl methyl sites for hydroxylation is 1. The lowest BCUT2D eigenvalue weighted by Crippen LogP contribution is -2.33. The van der Waals surface area contributed by atoms with Crippen LogP contribution in [0.4, 0.5) is 0 Å². The van der Waals surface area contributed by atoms with E-state index in [4.69, 9.17) is 5.11 Å². The van der Waals surface area contributed by atoms with E-state index in [0.717, 1.165) is 16.6 Å². The molecule has 0 bridgehead atoms. The standard InChI is InChI=1S/C12H15N3O2/c1-8(12(16)17)13-7-10-9-5-3-4-6-11(9)15(2)14-10/h3-6,8,13H,7H2,1-2H3,(H,16,17). The average Bonchev–Trinajstić information content (AvgIpc) is 2.64. The van der Waals surface area contributed by atoms with E-state index >= 15 is 0 Å². The quantitative estimate of drug-likeness (QED) is 0.831. The minimum atomic E-state index is -0.856. The fourth-order valence-electron chi connectivity index (χ4n) is 1.76. The Kier molecular flexibility index (Phi) is 3.10. The Labute approximate surface area is 99.1 Å². The first-order valence-corrected chi connectivity index (χ1v) is 5.46. The monoisotopic (exact) mass is 233 g/mol. The number of rotatable bonds is 4. The largest absolute Gasteiger partial charge is 0.480 e. The van der Waals surface area contributed by atoms with Crippen LogP contribution in [-0.2, 0) is 18.4 Å². The van der Waals surface area contributed by atoms with Crippen LogP contribution in [0.2, 0.25) is 0 Å². The third kappa shape index (κ3) is 2.29. The van der Waals surface area contributed by atoms with Gasteiger partial charge in [0.05, 0.1) is 11.2 Å². The summed E-state index contributed by atoms with van der Waals surface area (Å²) in [5.74, 6) is -0.856. The van der Waals surface area contributed by atoms with Crippen LogP contribution in [0, 0.1) is 0 Å².